The van der Waals surface area contributed by atoms with Gasteiger partial charge in [-0.1, -0.05) is 42.0 Å². The molecule has 0 bridgehead atoms. The quantitative estimate of drug-likeness (QED) is 0.244. The highest BCUT2D eigenvalue weighted by atomic mass is 32.2. The second kappa shape index (κ2) is 11.1. The molecule has 0 aliphatic rings. The standard InChI is InChI=1S/C30H32N4O3S/c1-21-10-14-29(15-11-21)34-23(3)18-27(24(34)4)19-31-32-30(35)25-12-16-28(17-13-25)33(38(5,36)37)20-26-9-7-6-8-22(26)2/h6-19H,20H2,1-5H3,(H,32,35)/b31-19-. The largest absolute Gasteiger partial charge is 0.318 e. The van der Waals surface area contributed by atoms with Crippen LogP contribution in [0.2, 0.25) is 0 Å². The van der Waals surface area contributed by atoms with E-state index < -0.39 is 10.0 Å². The van der Waals surface area contributed by atoms with E-state index in [0.29, 0.717) is 11.3 Å². The molecule has 0 radical (unpaired) electrons. The Balaban J connectivity index is 1.47. The SMILES string of the molecule is Cc1ccc(-n2c(C)cc(/C=N\NC(=O)c3ccc(N(Cc4ccccc4C)S(C)(=O)=O)cc3)c2C)cc1. The lowest BCUT2D eigenvalue weighted by Crippen LogP contribution is -2.29. The van der Waals surface area contributed by atoms with Crippen LogP contribution in [-0.2, 0) is 16.6 Å². The van der Waals surface area contributed by atoms with Crippen LogP contribution in [0.15, 0.2) is 84.0 Å². The summed E-state index contributed by atoms with van der Waals surface area (Å²) in [4.78, 5) is 12.7. The molecule has 4 rings (SSSR count). The molecule has 0 spiro atoms. The van der Waals surface area contributed by atoms with Gasteiger partial charge >= 0.3 is 0 Å². The minimum absolute atomic E-state index is 0.211. The van der Waals surface area contributed by atoms with Gasteiger partial charge in [0.15, 0.2) is 0 Å². The number of hydrazone groups is 1. The Hall–Kier alpha value is -4.17. The van der Waals surface area contributed by atoms with Crippen molar-refractivity contribution in [1.82, 2.24) is 9.99 Å². The molecule has 38 heavy (non-hydrogen) atoms. The molecule has 0 saturated heterocycles. The lowest BCUT2D eigenvalue weighted by Gasteiger charge is -2.23. The third-order valence-corrected chi connectivity index (χ3v) is 7.67. The van der Waals surface area contributed by atoms with Crippen molar-refractivity contribution < 1.29 is 13.2 Å². The van der Waals surface area contributed by atoms with Crippen LogP contribution < -0.4 is 9.73 Å². The first-order valence-electron chi connectivity index (χ1n) is 12.3. The topological polar surface area (TPSA) is 83.8 Å². The second-order valence-corrected chi connectivity index (χ2v) is 11.3. The predicted octanol–water partition coefficient (Wildman–Crippen LogP) is 5.44. The van der Waals surface area contributed by atoms with Crippen molar-refractivity contribution in [2.45, 2.75) is 34.2 Å². The molecule has 1 aromatic heterocycles. The summed E-state index contributed by atoms with van der Waals surface area (Å²) in [6.07, 6.45) is 2.81. The Morgan fingerprint density at radius 2 is 1.61 bits per heavy atom. The van der Waals surface area contributed by atoms with Gasteiger partial charge in [-0.3, -0.25) is 9.10 Å². The van der Waals surface area contributed by atoms with E-state index in [4.69, 9.17) is 0 Å². The van der Waals surface area contributed by atoms with Gasteiger partial charge in [-0.25, -0.2) is 13.8 Å². The van der Waals surface area contributed by atoms with Crippen molar-refractivity contribution in [3.8, 4) is 5.69 Å². The molecule has 0 aliphatic heterocycles. The number of benzene rings is 3. The fourth-order valence-electron chi connectivity index (χ4n) is 4.36. The number of carbonyl (C=O) groups excluding carboxylic acids is 1. The minimum Gasteiger partial charge on any atom is -0.318 e. The van der Waals surface area contributed by atoms with E-state index in [1.165, 1.54) is 16.1 Å². The van der Waals surface area contributed by atoms with E-state index in [0.717, 1.165) is 33.8 Å². The first-order valence-corrected chi connectivity index (χ1v) is 14.1. The predicted molar refractivity (Wildman–Crippen MR) is 154 cm³/mol. The lowest BCUT2D eigenvalue weighted by atomic mass is 10.1. The second-order valence-electron chi connectivity index (χ2n) is 9.44. The van der Waals surface area contributed by atoms with Crippen LogP contribution in [0.4, 0.5) is 5.69 Å². The van der Waals surface area contributed by atoms with Crippen molar-refractivity contribution in [2.24, 2.45) is 5.10 Å². The fraction of sp³-hybridized carbons (Fsp3) is 0.200. The normalized spacial score (nSPS) is 11.6. The van der Waals surface area contributed by atoms with Gasteiger partial charge in [-0.15, -0.1) is 0 Å². The van der Waals surface area contributed by atoms with E-state index in [1.807, 2.05) is 51.1 Å². The summed E-state index contributed by atoms with van der Waals surface area (Å²) < 4.78 is 28.5. The highest BCUT2D eigenvalue weighted by Gasteiger charge is 2.19. The number of hydrogen-bond donors (Lipinski definition) is 1. The van der Waals surface area contributed by atoms with Crippen LogP contribution in [0, 0.1) is 27.7 Å². The van der Waals surface area contributed by atoms with Crippen LogP contribution in [0.5, 0.6) is 0 Å². The summed E-state index contributed by atoms with van der Waals surface area (Å²) in [6.45, 7) is 8.26. The molecule has 0 aliphatic carbocycles. The van der Waals surface area contributed by atoms with Crippen molar-refractivity contribution in [3.05, 3.63) is 118 Å². The summed E-state index contributed by atoms with van der Waals surface area (Å²) in [5, 5.41) is 4.16. The molecular weight excluding hydrogens is 496 g/mol. The summed E-state index contributed by atoms with van der Waals surface area (Å²) in [7, 11) is -3.53. The van der Waals surface area contributed by atoms with Gasteiger partial charge in [0, 0.05) is 28.2 Å². The molecule has 0 saturated carbocycles. The first kappa shape index (κ1) is 26.9. The number of hydrogen-bond acceptors (Lipinski definition) is 4. The summed E-state index contributed by atoms with van der Waals surface area (Å²) in [6, 6.07) is 24.4. The van der Waals surface area contributed by atoms with Gasteiger partial charge in [-0.05, 0) is 81.3 Å². The molecule has 3 aromatic carbocycles. The Labute approximate surface area is 224 Å². The maximum atomic E-state index is 12.7. The van der Waals surface area contributed by atoms with E-state index >= 15 is 0 Å². The highest BCUT2D eigenvalue weighted by Crippen LogP contribution is 2.23. The number of anilines is 1. The molecule has 8 heteroatoms. The molecule has 1 heterocycles. The lowest BCUT2D eigenvalue weighted by molar-refractivity contribution is 0.0955. The number of rotatable bonds is 8. The summed E-state index contributed by atoms with van der Waals surface area (Å²) in [5.74, 6) is -0.384. The zero-order chi connectivity index (χ0) is 27.4. The number of amides is 1. The molecule has 0 fully saturated rings. The number of aromatic nitrogens is 1. The summed E-state index contributed by atoms with van der Waals surface area (Å²) >= 11 is 0. The molecule has 1 amide bonds. The van der Waals surface area contributed by atoms with Crippen LogP contribution >= 0.6 is 0 Å². The van der Waals surface area contributed by atoms with Gasteiger partial charge in [0.1, 0.15) is 0 Å². The average Bonchev–Trinajstić information content (AvgIpc) is 3.16. The Kier molecular flexibility index (Phi) is 7.83. The third-order valence-electron chi connectivity index (χ3n) is 6.53. The van der Waals surface area contributed by atoms with Gasteiger partial charge in [0.2, 0.25) is 10.0 Å². The van der Waals surface area contributed by atoms with Crippen LogP contribution in [-0.4, -0.2) is 31.4 Å². The Morgan fingerprint density at radius 1 is 0.947 bits per heavy atom. The van der Waals surface area contributed by atoms with E-state index in [1.54, 1.807) is 30.5 Å². The molecular formula is C30H32N4O3S. The van der Waals surface area contributed by atoms with Gasteiger partial charge in [0.25, 0.3) is 5.91 Å². The maximum Gasteiger partial charge on any atom is 0.271 e. The number of aryl methyl sites for hydroxylation is 3. The van der Waals surface area contributed by atoms with Gasteiger partial charge in [-0.2, -0.15) is 5.10 Å². The number of carbonyl (C=O) groups is 1. The van der Waals surface area contributed by atoms with E-state index in [9.17, 15) is 13.2 Å². The van der Waals surface area contributed by atoms with Crippen molar-refractivity contribution in [1.29, 1.82) is 0 Å². The zero-order valence-electron chi connectivity index (χ0n) is 22.3. The van der Waals surface area contributed by atoms with Crippen molar-refractivity contribution in [3.63, 3.8) is 0 Å². The average molecular weight is 529 g/mol. The van der Waals surface area contributed by atoms with Crippen LogP contribution in [0.25, 0.3) is 5.69 Å². The Morgan fingerprint density at radius 3 is 2.24 bits per heavy atom. The number of sulfonamides is 1. The summed E-state index contributed by atoms with van der Waals surface area (Å²) in [5.41, 5.74) is 10.6. The maximum absolute atomic E-state index is 12.7. The van der Waals surface area contributed by atoms with Gasteiger partial charge in [0.05, 0.1) is 24.7 Å². The molecule has 0 unspecified atom stereocenters. The molecule has 1 N–H and O–H groups in total. The first-order chi connectivity index (χ1) is 18.0. The Bertz CT molecular complexity index is 1590. The monoisotopic (exact) mass is 528 g/mol. The fourth-order valence-corrected chi connectivity index (χ4v) is 5.23. The molecule has 0 atom stereocenters. The van der Waals surface area contributed by atoms with Gasteiger partial charge < -0.3 is 4.57 Å². The van der Waals surface area contributed by atoms with Crippen molar-refractivity contribution >= 4 is 27.8 Å². The van der Waals surface area contributed by atoms with Crippen LogP contribution in [0.1, 0.15) is 44.0 Å². The molecule has 7 nitrogen and oxygen atoms in total. The minimum atomic E-state index is -3.53. The van der Waals surface area contributed by atoms with Crippen LogP contribution in [0.3, 0.4) is 0 Å². The molecule has 4 aromatic rings. The van der Waals surface area contributed by atoms with E-state index in [-0.39, 0.29) is 12.5 Å². The third kappa shape index (κ3) is 6.03. The smallest absolute Gasteiger partial charge is 0.271 e. The highest BCUT2D eigenvalue weighted by molar-refractivity contribution is 7.92. The van der Waals surface area contributed by atoms with Crippen molar-refractivity contribution in [2.75, 3.05) is 10.6 Å². The zero-order valence-corrected chi connectivity index (χ0v) is 23.1. The number of nitrogens with one attached hydrogen (secondary N) is 1. The number of nitrogens with zero attached hydrogens (tertiary/aromatic N) is 3. The molecule has 196 valence electrons. The van der Waals surface area contributed by atoms with E-state index in [2.05, 4.69) is 46.3 Å².